The molecular weight excluding hydrogens is 597 g/mol. The SMILES string of the molecule is Cc1ncsc1/C(=N\O)c1cc(CO[Si](c2ccccc2)(c2ccccc2)C(C)(C)C)c(N2C[C@@H](C)O[C@@H](C)C2)c(F)c1F. The molecule has 44 heavy (non-hydrogen) atoms. The van der Waals surface area contributed by atoms with Gasteiger partial charge >= 0.3 is 0 Å². The van der Waals surface area contributed by atoms with Crippen molar-refractivity contribution in [3.05, 3.63) is 106 Å². The Hall–Kier alpha value is -3.44. The Balaban J connectivity index is 1.71. The van der Waals surface area contributed by atoms with Crippen LogP contribution < -0.4 is 15.3 Å². The monoisotopic (exact) mass is 635 g/mol. The normalized spacial score (nSPS) is 18.1. The molecule has 2 heterocycles. The molecule has 0 amide bonds. The van der Waals surface area contributed by atoms with Crippen LogP contribution in [-0.4, -0.2) is 49.5 Å². The number of hydrogen-bond donors (Lipinski definition) is 1. The van der Waals surface area contributed by atoms with Crippen molar-refractivity contribution in [2.45, 2.75) is 65.4 Å². The van der Waals surface area contributed by atoms with Gasteiger partial charge in [-0.2, -0.15) is 0 Å². The third kappa shape index (κ3) is 5.96. The maximum absolute atomic E-state index is 16.4. The predicted molar refractivity (Wildman–Crippen MR) is 175 cm³/mol. The molecule has 1 fully saturated rings. The molecule has 0 saturated carbocycles. The van der Waals surface area contributed by atoms with E-state index in [0.717, 1.165) is 10.4 Å². The Kier molecular flexibility index (Phi) is 9.36. The molecule has 0 radical (unpaired) electrons. The summed E-state index contributed by atoms with van der Waals surface area (Å²) in [6.07, 6.45) is -0.360. The van der Waals surface area contributed by atoms with Gasteiger partial charge in [-0.3, -0.25) is 0 Å². The van der Waals surface area contributed by atoms with Crippen LogP contribution in [0.4, 0.5) is 14.5 Å². The zero-order valence-corrected chi connectivity index (χ0v) is 27.8. The Morgan fingerprint density at radius 1 is 1.02 bits per heavy atom. The van der Waals surface area contributed by atoms with Crippen LogP contribution in [0.1, 0.15) is 56.3 Å². The number of anilines is 1. The molecule has 1 N–H and O–H groups in total. The molecule has 5 rings (SSSR count). The minimum atomic E-state index is -3.02. The highest BCUT2D eigenvalue weighted by Crippen LogP contribution is 2.39. The molecule has 6 nitrogen and oxygen atoms in total. The van der Waals surface area contributed by atoms with Gasteiger partial charge in [-0.15, -0.1) is 11.3 Å². The smallest absolute Gasteiger partial charge is 0.261 e. The van der Waals surface area contributed by atoms with Gasteiger partial charge in [0.05, 0.1) is 40.6 Å². The second-order valence-corrected chi connectivity index (χ2v) is 17.6. The summed E-state index contributed by atoms with van der Waals surface area (Å²) in [5.74, 6) is -2.09. The van der Waals surface area contributed by atoms with E-state index in [4.69, 9.17) is 9.16 Å². The highest BCUT2D eigenvalue weighted by atomic mass is 32.1. The number of morpholine rings is 1. The number of halogens is 2. The fourth-order valence-corrected chi connectivity index (χ4v) is 11.7. The van der Waals surface area contributed by atoms with Gasteiger partial charge in [0.2, 0.25) is 0 Å². The molecule has 1 aliphatic heterocycles. The first-order valence-corrected chi connectivity index (χ1v) is 17.6. The maximum Gasteiger partial charge on any atom is 0.261 e. The third-order valence-electron chi connectivity index (χ3n) is 8.17. The van der Waals surface area contributed by atoms with Crippen LogP contribution in [0.2, 0.25) is 5.04 Å². The summed E-state index contributed by atoms with van der Waals surface area (Å²) >= 11 is 1.20. The van der Waals surface area contributed by atoms with Crippen LogP contribution in [0.3, 0.4) is 0 Å². The van der Waals surface area contributed by atoms with Gasteiger partial charge in [0.25, 0.3) is 8.32 Å². The highest BCUT2D eigenvalue weighted by molar-refractivity contribution is 7.12. The van der Waals surface area contributed by atoms with Crippen LogP contribution in [0, 0.1) is 18.6 Å². The van der Waals surface area contributed by atoms with Gasteiger partial charge in [0, 0.05) is 24.2 Å². The van der Waals surface area contributed by atoms with E-state index < -0.39 is 20.0 Å². The minimum absolute atomic E-state index is 0.00726. The number of oxime groups is 1. The van der Waals surface area contributed by atoms with Crippen LogP contribution >= 0.6 is 11.3 Å². The fraction of sp³-hybridized carbons (Fsp3) is 0.353. The van der Waals surface area contributed by atoms with Crippen LogP contribution in [0.25, 0.3) is 0 Å². The van der Waals surface area contributed by atoms with Gasteiger partial charge in [-0.05, 0) is 42.2 Å². The summed E-state index contributed by atoms with van der Waals surface area (Å²) in [4.78, 5) is 6.54. The predicted octanol–water partition coefficient (Wildman–Crippen LogP) is 6.65. The van der Waals surface area contributed by atoms with Gasteiger partial charge in [0.15, 0.2) is 11.6 Å². The van der Waals surface area contributed by atoms with E-state index in [9.17, 15) is 5.21 Å². The van der Waals surface area contributed by atoms with E-state index in [1.54, 1.807) is 18.5 Å². The maximum atomic E-state index is 16.4. The lowest BCUT2D eigenvalue weighted by Crippen LogP contribution is -2.66. The molecular formula is C34H39F2N3O3SSi. The molecule has 4 aromatic rings. The van der Waals surface area contributed by atoms with Crippen molar-refractivity contribution in [1.82, 2.24) is 4.98 Å². The zero-order chi connectivity index (χ0) is 31.6. The number of ether oxygens (including phenoxy) is 1. The number of benzene rings is 3. The molecule has 1 aliphatic rings. The summed E-state index contributed by atoms with van der Waals surface area (Å²) in [5.41, 5.74) is 2.55. The first-order valence-electron chi connectivity index (χ1n) is 14.8. The summed E-state index contributed by atoms with van der Waals surface area (Å²) in [5, 5.41) is 15.3. The number of thiazole rings is 1. The lowest BCUT2D eigenvalue weighted by atomic mass is 10.0. The van der Waals surface area contributed by atoms with Gasteiger partial charge in [-0.25, -0.2) is 13.8 Å². The molecule has 0 bridgehead atoms. The van der Waals surface area contributed by atoms with Crippen molar-refractivity contribution < 1.29 is 23.2 Å². The fourth-order valence-electron chi connectivity index (χ4n) is 6.35. The molecule has 1 saturated heterocycles. The second-order valence-electron chi connectivity index (χ2n) is 12.4. The molecule has 0 spiro atoms. The molecule has 0 aliphatic carbocycles. The highest BCUT2D eigenvalue weighted by Gasteiger charge is 2.50. The Bertz CT molecular complexity index is 1580. The molecule has 2 atom stereocenters. The molecule has 232 valence electrons. The van der Waals surface area contributed by atoms with Crippen LogP contribution in [0.5, 0.6) is 0 Å². The topological polar surface area (TPSA) is 67.2 Å². The summed E-state index contributed by atoms with van der Waals surface area (Å²) < 4.78 is 45.6. The van der Waals surface area contributed by atoms with Crippen molar-refractivity contribution in [2.75, 3.05) is 18.0 Å². The van der Waals surface area contributed by atoms with Crippen molar-refractivity contribution >= 4 is 41.4 Å². The standard InChI is InChI=1S/C34H39F2N3O3SSi/c1-22-18-39(19-23(2)42-22)32-25(17-28(29(35)30(32)36)31(38-40)33-24(3)37-21-43-33)20-41-44(34(4,5)6,26-13-9-7-10-14-26)27-15-11-8-12-16-27/h7-17,21-23,40H,18-20H2,1-6H3/b38-31-/t22-,23+. The Morgan fingerprint density at radius 3 is 2.07 bits per heavy atom. The van der Waals surface area contributed by atoms with E-state index in [1.165, 1.54) is 11.3 Å². The molecule has 10 heteroatoms. The number of hydrogen-bond acceptors (Lipinski definition) is 7. The third-order valence-corrected chi connectivity index (χ3v) is 14.1. The zero-order valence-electron chi connectivity index (χ0n) is 26.0. The lowest BCUT2D eigenvalue weighted by Gasteiger charge is -2.43. The summed E-state index contributed by atoms with van der Waals surface area (Å²) in [7, 11) is -3.02. The van der Waals surface area contributed by atoms with E-state index in [2.05, 4.69) is 55.2 Å². The number of nitrogens with zero attached hydrogens (tertiary/aromatic N) is 3. The number of aryl methyl sites for hydroxylation is 1. The average Bonchev–Trinajstić information content (AvgIpc) is 3.41. The summed E-state index contributed by atoms with van der Waals surface area (Å²) in [6, 6.07) is 21.9. The average molecular weight is 636 g/mol. The molecule has 1 aromatic heterocycles. The van der Waals surface area contributed by atoms with Crippen LogP contribution in [0.15, 0.2) is 77.4 Å². The largest absolute Gasteiger partial charge is 0.410 e. The minimum Gasteiger partial charge on any atom is -0.410 e. The van der Waals surface area contributed by atoms with Crippen molar-refractivity contribution in [2.24, 2.45) is 5.16 Å². The quantitative estimate of drug-likeness (QED) is 0.102. The van der Waals surface area contributed by atoms with Crippen molar-refractivity contribution in [1.29, 1.82) is 0 Å². The van der Waals surface area contributed by atoms with Crippen molar-refractivity contribution in [3.8, 4) is 0 Å². The van der Waals surface area contributed by atoms with Gasteiger partial charge in [0.1, 0.15) is 5.71 Å². The number of aromatic nitrogens is 1. The van der Waals surface area contributed by atoms with Gasteiger partial charge in [-0.1, -0.05) is 86.6 Å². The van der Waals surface area contributed by atoms with E-state index in [0.29, 0.717) is 29.2 Å². The van der Waals surface area contributed by atoms with Crippen molar-refractivity contribution in [3.63, 3.8) is 0 Å². The Labute approximate surface area is 263 Å². The second kappa shape index (κ2) is 12.9. The molecule has 0 unspecified atom stereocenters. The van der Waals surface area contributed by atoms with E-state index >= 15 is 8.78 Å². The van der Waals surface area contributed by atoms with Gasteiger partial charge < -0.3 is 19.3 Å². The molecule has 3 aromatic carbocycles. The summed E-state index contributed by atoms with van der Waals surface area (Å²) in [6.45, 7) is 12.9. The van der Waals surface area contributed by atoms with E-state index in [-0.39, 0.29) is 40.8 Å². The van der Waals surface area contributed by atoms with E-state index in [1.807, 2.05) is 55.1 Å². The lowest BCUT2D eigenvalue weighted by molar-refractivity contribution is -0.00553. The first kappa shape index (κ1) is 32.0. The first-order chi connectivity index (χ1) is 21.0. The number of rotatable bonds is 8. The Morgan fingerprint density at radius 2 is 1.59 bits per heavy atom. The van der Waals surface area contributed by atoms with Crippen LogP contribution in [-0.2, 0) is 15.8 Å².